The summed E-state index contributed by atoms with van der Waals surface area (Å²) in [6.07, 6.45) is 2.35. The van der Waals surface area contributed by atoms with Crippen LogP contribution in [0.5, 0.6) is 0 Å². The molecular formula is C12H18N4O. The number of pyridine rings is 1. The minimum Gasteiger partial charge on any atom is -0.370 e. The second-order valence-electron chi connectivity index (χ2n) is 4.02. The van der Waals surface area contributed by atoms with Crippen LogP contribution in [0.15, 0.2) is 18.3 Å². The number of hydrogen-bond donors (Lipinski definition) is 2. The Hall–Kier alpha value is -1.78. The van der Waals surface area contributed by atoms with Gasteiger partial charge in [0, 0.05) is 50.6 Å². The lowest BCUT2D eigenvalue weighted by Gasteiger charge is -2.22. The first-order chi connectivity index (χ1) is 8.29. The molecule has 5 heteroatoms. The summed E-state index contributed by atoms with van der Waals surface area (Å²) in [7, 11) is 0. The topological polar surface area (TPSA) is 57.3 Å². The van der Waals surface area contributed by atoms with Crippen LogP contribution in [-0.4, -0.2) is 37.1 Å². The van der Waals surface area contributed by atoms with Crippen molar-refractivity contribution in [2.45, 2.75) is 13.3 Å². The van der Waals surface area contributed by atoms with Gasteiger partial charge in [-0.1, -0.05) is 0 Å². The Morgan fingerprint density at radius 1 is 1.53 bits per heavy atom. The van der Waals surface area contributed by atoms with Crippen LogP contribution in [0.25, 0.3) is 0 Å². The highest BCUT2D eigenvalue weighted by Crippen LogP contribution is 2.17. The van der Waals surface area contributed by atoms with Crippen LogP contribution >= 0.6 is 0 Å². The van der Waals surface area contributed by atoms with Crippen LogP contribution in [0.3, 0.4) is 0 Å². The van der Waals surface area contributed by atoms with Gasteiger partial charge >= 0.3 is 0 Å². The lowest BCUT2D eigenvalue weighted by molar-refractivity contribution is -0.120. The summed E-state index contributed by atoms with van der Waals surface area (Å²) in [4.78, 5) is 17.7. The molecule has 2 rings (SSSR count). The summed E-state index contributed by atoms with van der Waals surface area (Å²) >= 11 is 0. The van der Waals surface area contributed by atoms with E-state index in [-0.39, 0.29) is 5.91 Å². The molecule has 1 aromatic heterocycles. The molecule has 1 aromatic rings. The average Bonchev–Trinajstić information content (AvgIpc) is 2.55. The second kappa shape index (κ2) is 5.52. The van der Waals surface area contributed by atoms with E-state index in [1.165, 1.54) is 0 Å². The number of rotatable bonds is 3. The van der Waals surface area contributed by atoms with Gasteiger partial charge < -0.3 is 15.5 Å². The van der Waals surface area contributed by atoms with Crippen molar-refractivity contribution >= 4 is 17.4 Å². The number of nitrogens with zero attached hydrogens (tertiary/aromatic N) is 2. The Morgan fingerprint density at radius 2 is 2.41 bits per heavy atom. The molecule has 92 valence electrons. The molecule has 1 saturated heterocycles. The summed E-state index contributed by atoms with van der Waals surface area (Å²) in [6, 6.07) is 4.01. The monoisotopic (exact) mass is 234 g/mol. The number of anilines is 2. The van der Waals surface area contributed by atoms with E-state index < -0.39 is 0 Å². The minimum atomic E-state index is 0.133. The van der Waals surface area contributed by atoms with Crippen molar-refractivity contribution < 1.29 is 4.79 Å². The van der Waals surface area contributed by atoms with Crippen molar-refractivity contribution in [3.63, 3.8) is 0 Å². The van der Waals surface area contributed by atoms with Crippen LogP contribution in [0.4, 0.5) is 11.5 Å². The number of aromatic nitrogens is 1. The molecule has 2 N–H and O–H groups in total. The van der Waals surface area contributed by atoms with Crippen LogP contribution in [0, 0.1) is 0 Å². The quantitative estimate of drug-likeness (QED) is 0.813. The molecule has 0 saturated carbocycles. The smallest absolute Gasteiger partial charge is 0.221 e. The molecule has 17 heavy (non-hydrogen) atoms. The van der Waals surface area contributed by atoms with Gasteiger partial charge in [-0.15, -0.1) is 0 Å². The third kappa shape index (κ3) is 3.09. The van der Waals surface area contributed by atoms with Gasteiger partial charge in [-0.3, -0.25) is 4.79 Å². The fraction of sp³-hybridized carbons (Fsp3) is 0.500. The first kappa shape index (κ1) is 11.7. The molecule has 5 nitrogen and oxygen atoms in total. The number of nitrogens with one attached hydrogen (secondary N) is 2. The third-order valence-electron chi connectivity index (χ3n) is 2.78. The van der Waals surface area contributed by atoms with Crippen molar-refractivity contribution in [2.24, 2.45) is 0 Å². The molecule has 0 bridgehead atoms. The van der Waals surface area contributed by atoms with Crippen LogP contribution in [0.2, 0.25) is 0 Å². The molecule has 1 aliphatic rings. The molecule has 0 spiro atoms. The maximum atomic E-state index is 11.3. The van der Waals surface area contributed by atoms with Crippen LogP contribution < -0.4 is 15.5 Å². The highest BCUT2D eigenvalue weighted by Gasteiger charge is 2.13. The Bertz CT molecular complexity index is 394. The highest BCUT2D eigenvalue weighted by molar-refractivity contribution is 5.77. The van der Waals surface area contributed by atoms with E-state index >= 15 is 0 Å². The Balaban J connectivity index is 2.09. The van der Waals surface area contributed by atoms with E-state index in [1.54, 1.807) is 6.20 Å². The van der Waals surface area contributed by atoms with E-state index in [0.29, 0.717) is 13.0 Å². The van der Waals surface area contributed by atoms with Crippen molar-refractivity contribution in [3.8, 4) is 0 Å². The van der Waals surface area contributed by atoms with Gasteiger partial charge in [0.05, 0.1) is 0 Å². The second-order valence-corrected chi connectivity index (χ2v) is 4.02. The van der Waals surface area contributed by atoms with Crippen LogP contribution in [0.1, 0.15) is 13.3 Å². The number of hydrogen-bond acceptors (Lipinski definition) is 4. The lowest BCUT2D eigenvalue weighted by atomic mass is 10.3. The zero-order valence-corrected chi connectivity index (χ0v) is 10.1. The third-order valence-corrected chi connectivity index (χ3v) is 2.78. The number of amides is 1. The molecule has 0 radical (unpaired) electrons. The molecule has 0 unspecified atom stereocenters. The van der Waals surface area contributed by atoms with Gasteiger partial charge in [-0.2, -0.15) is 0 Å². The predicted molar refractivity (Wildman–Crippen MR) is 68.2 cm³/mol. The highest BCUT2D eigenvalue weighted by atomic mass is 16.1. The molecule has 1 fully saturated rings. The van der Waals surface area contributed by atoms with Gasteiger partial charge in [0.15, 0.2) is 0 Å². The molecule has 0 aromatic carbocycles. The van der Waals surface area contributed by atoms with Gasteiger partial charge in [0.2, 0.25) is 5.91 Å². The minimum absolute atomic E-state index is 0.133. The summed E-state index contributed by atoms with van der Waals surface area (Å²) in [5, 5.41) is 6.06. The Kier molecular flexibility index (Phi) is 3.80. The molecule has 1 aliphatic heterocycles. The van der Waals surface area contributed by atoms with Gasteiger partial charge in [-0.25, -0.2) is 4.98 Å². The van der Waals surface area contributed by atoms with Crippen LogP contribution in [-0.2, 0) is 4.79 Å². The fourth-order valence-electron chi connectivity index (χ4n) is 1.92. The Labute approximate surface area is 101 Å². The SMILES string of the molecule is CCNc1cc(N2CCNC(=O)CC2)ccn1. The van der Waals surface area contributed by atoms with Gasteiger partial charge in [0.25, 0.3) is 0 Å². The van der Waals surface area contributed by atoms with Gasteiger partial charge in [0.1, 0.15) is 5.82 Å². The van der Waals surface area contributed by atoms with Crippen molar-refractivity contribution in [3.05, 3.63) is 18.3 Å². The number of carbonyl (C=O) groups is 1. The average molecular weight is 234 g/mol. The lowest BCUT2D eigenvalue weighted by Crippen LogP contribution is -2.28. The summed E-state index contributed by atoms with van der Waals surface area (Å²) < 4.78 is 0. The van der Waals surface area contributed by atoms with Crippen molar-refractivity contribution in [2.75, 3.05) is 36.4 Å². The standard InChI is InChI=1S/C12H18N4O/c1-2-13-11-9-10(3-5-14-11)16-7-4-12(17)15-6-8-16/h3,5,9H,2,4,6-8H2,1H3,(H,13,14)(H,15,17). The largest absolute Gasteiger partial charge is 0.370 e. The predicted octanol–water partition coefficient (Wildman–Crippen LogP) is 0.840. The first-order valence-electron chi connectivity index (χ1n) is 6.01. The molecule has 1 amide bonds. The first-order valence-corrected chi connectivity index (χ1v) is 6.01. The van der Waals surface area contributed by atoms with E-state index in [4.69, 9.17) is 0 Å². The van der Waals surface area contributed by atoms with E-state index in [1.807, 2.05) is 19.1 Å². The summed E-state index contributed by atoms with van der Waals surface area (Å²) in [5.74, 6) is 1.02. The molecular weight excluding hydrogens is 216 g/mol. The van der Waals surface area contributed by atoms with Crippen molar-refractivity contribution in [1.82, 2.24) is 10.3 Å². The van der Waals surface area contributed by atoms with Crippen molar-refractivity contribution in [1.29, 1.82) is 0 Å². The maximum absolute atomic E-state index is 11.3. The Morgan fingerprint density at radius 3 is 3.24 bits per heavy atom. The summed E-state index contributed by atoms with van der Waals surface area (Å²) in [5.41, 5.74) is 1.12. The van der Waals surface area contributed by atoms with Gasteiger partial charge in [-0.05, 0) is 13.0 Å². The van der Waals surface area contributed by atoms with E-state index in [9.17, 15) is 4.79 Å². The molecule has 2 heterocycles. The number of carbonyl (C=O) groups excluding carboxylic acids is 1. The fourth-order valence-corrected chi connectivity index (χ4v) is 1.92. The summed E-state index contributed by atoms with van der Waals surface area (Å²) in [6.45, 7) is 5.22. The molecule has 0 atom stereocenters. The zero-order chi connectivity index (χ0) is 12.1. The molecule has 0 aliphatic carbocycles. The van der Waals surface area contributed by atoms with E-state index in [2.05, 4.69) is 20.5 Å². The van der Waals surface area contributed by atoms with E-state index in [0.717, 1.165) is 31.1 Å². The zero-order valence-electron chi connectivity index (χ0n) is 10.1. The normalized spacial score (nSPS) is 16.3. The maximum Gasteiger partial charge on any atom is 0.221 e.